The molecule has 0 aliphatic carbocycles. The Kier molecular flexibility index (Phi) is 4.99. The highest BCUT2D eigenvalue weighted by Crippen LogP contribution is 2.32. The molecule has 1 aliphatic rings. The smallest absolute Gasteiger partial charge is 0.167 e. The molecular formula is C18H21N5O4. The lowest BCUT2D eigenvalue weighted by atomic mass is 10.1. The van der Waals surface area contributed by atoms with Crippen LogP contribution in [0, 0.1) is 0 Å². The number of nitrogens with zero attached hydrogens (tertiary/aromatic N) is 4. The van der Waals surface area contributed by atoms with E-state index < -0.39 is 24.5 Å². The van der Waals surface area contributed by atoms with Crippen molar-refractivity contribution >= 4 is 17.0 Å². The molecule has 3 heterocycles. The number of aliphatic hydroxyl groups is 3. The van der Waals surface area contributed by atoms with Crippen LogP contribution < -0.4 is 5.32 Å². The van der Waals surface area contributed by atoms with E-state index >= 15 is 0 Å². The van der Waals surface area contributed by atoms with Crippen molar-refractivity contribution in [3.05, 3.63) is 48.5 Å². The van der Waals surface area contributed by atoms with Crippen LogP contribution in [0.25, 0.3) is 11.2 Å². The first kappa shape index (κ1) is 17.8. The second-order valence-electron chi connectivity index (χ2n) is 6.44. The Morgan fingerprint density at radius 2 is 1.89 bits per heavy atom. The Labute approximate surface area is 155 Å². The minimum Gasteiger partial charge on any atom is -0.394 e. The van der Waals surface area contributed by atoms with Crippen LogP contribution in [0.5, 0.6) is 0 Å². The van der Waals surface area contributed by atoms with Crippen LogP contribution >= 0.6 is 0 Å². The summed E-state index contributed by atoms with van der Waals surface area (Å²) in [6, 6.07) is 10.1. The molecular weight excluding hydrogens is 350 g/mol. The molecule has 4 atom stereocenters. The number of hydrogen-bond acceptors (Lipinski definition) is 8. The van der Waals surface area contributed by atoms with Crippen molar-refractivity contribution in [3.8, 4) is 0 Å². The summed E-state index contributed by atoms with van der Waals surface area (Å²) >= 11 is 0. The van der Waals surface area contributed by atoms with Crippen molar-refractivity contribution in [2.45, 2.75) is 31.0 Å². The van der Waals surface area contributed by atoms with E-state index in [1.54, 1.807) is 4.57 Å². The molecule has 9 nitrogen and oxygen atoms in total. The number of aliphatic hydroxyl groups excluding tert-OH is 3. The minimum atomic E-state index is -1.19. The third kappa shape index (κ3) is 3.37. The van der Waals surface area contributed by atoms with Crippen molar-refractivity contribution in [2.24, 2.45) is 0 Å². The Balaban J connectivity index is 1.53. The summed E-state index contributed by atoms with van der Waals surface area (Å²) in [5, 5.41) is 32.7. The standard InChI is InChI=1S/C18H21N5O4/c24-8-12-14(25)15(26)18(27-12)23-10-22-13-16(20-9-21-17(13)23)19-7-6-11-4-2-1-3-5-11/h1-5,9-10,12,14-15,18,24-26H,6-8H2,(H,19,20,21)/t12-,14-,15-,18-/m1/s1. The fraction of sp³-hybridized carbons (Fsp3) is 0.389. The van der Waals surface area contributed by atoms with Gasteiger partial charge in [-0.2, -0.15) is 0 Å². The van der Waals surface area contributed by atoms with Gasteiger partial charge in [0.2, 0.25) is 0 Å². The molecule has 0 amide bonds. The van der Waals surface area contributed by atoms with E-state index in [9.17, 15) is 15.3 Å². The zero-order valence-electron chi connectivity index (χ0n) is 14.5. The van der Waals surface area contributed by atoms with Crippen molar-refractivity contribution in [2.75, 3.05) is 18.5 Å². The van der Waals surface area contributed by atoms with E-state index in [4.69, 9.17) is 4.74 Å². The van der Waals surface area contributed by atoms with Crippen LogP contribution in [-0.4, -0.2) is 66.3 Å². The van der Waals surface area contributed by atoms with Gasteiger partial charge in [-0.25, -0.2) is 15.0 Å². The summed E-state index contributed by atoms with van der Waals surface area (Å²) in [5.74, 6) is 0.585. The predicted octanol–water partition coefficient (Wildman–Crippen LogP) is 0.0924. The highest BCUT2D eigenvalue weighted by molar-refractivity contribution is 5.82. The monoisotopic (exact) mass is 371 g/mol. The number of benzene rings is 1. The summed E-state index contributed by atoms with van der Waals surface area (Å²) < 4.78 is 7.10. The Morgan fingerprint density at radius 3 is 2.63 bits per heavy atom. The molecule has 0 unspecified atom stereocenters. The first-order chi connectivity index (χ1) is 13.2. The molecule has 4 rings (SSSR count). The maximum atomic E-state index is 10.2. The van der Waals surface area contributed by atoms with Crippen LogP contribution in [0.2, 0.25) is 0 Å². The lowest BCUT2D eigenvalue weighted by Crippen LogP contribution is -2.33. The van der Waals surface area contributed by atoms with Crippen molar-refractivity contribution in [3.63, 3.8) is 0 Å². The molecule has 0 bridgehead atoms. The van der Waals surface area contributed by atoms with E-state index in [0.29, 0.717) is 23.5 Å². The molecule has 1 saturated heterocycles. The van der Waals surface area contributed by atoms with E-state index in [1.807, 2.05) is 18.2 Å². The molecule has 1 aliphatic heterocycles. The van der Waals surface area contributed by atoms with Gasteiger partial charge in [0.25, 0.3) is 0 Å². The van der Waals surface area contributed by atoms with Crippen LogP contribution in [0.1, 0.15) is 11.8 Å². The molecule has 0 radical (unpaired) electrons. The molecule has 4 N–H and O–H groups in total. The Hall–Kier alpha value is -2.59. The first-order valence-corrected chi connectivity index (χ1v) is 8.77. The quantitative estimate of drug-likeness (QED) is 0.480. The summed E-state index contributed by atoms with van der Waals surface area (Å²) in [6.45, 7) is 0.291. The van der Waals surface area contributed by atoms with Gasteiger partial charge in [-0.1, -0.05) is 30.3 Å². The highest BCUT2D eigenvalue weighted by Gasteiger charge is 2.44. The number of aromatic nitrogens is 4. The van der Waals surface area contributed by atoms with Crippen molar-refractivity contribution in [1.29, 1.82) is 0 Å². The molecule has 3 aromatic rings. The van der Waals surface area contributed by atoms with Gasteiger partial charge in [-0.3, -0.25) is 4.57 Å². The second-order valence-corrected chi connectivity index (χ2v) is 6.44. The van der Waals surface area contributed by atoms with Crippen LogP contribution in [0.3, 0.4) is 0 Å². The number of nitrogens with one attached hydrogen (secondary N) is 1. The topological polar surface area (TPSA) is 126 Å². The maximum Gasteiger partial charge on any atom is 0.167 e. The number of imidazole rings is 1. The lowest BCUT2D eigenvalue weighted by molar-refractivity contribution is -0.0511. The zero-order valence-corrected chi connectivity index (χ0v) is 14.5. The second kappa shape index (κ2) is 7.57. The Morgan fingerprint density at radius 1 is 1.07 bits per heavy atom. The molecule has 0 saturated carbocycles. The molecule has 1 fully saturated rings. The van der Waals surface area contributed by atoms with Gasteiger partial charge in [0, 0.05) is 6.54 Å². The average molecular weight is 371 g/mol. The van der Waals surface area contributed by atoms with Gasteiger partial charge in [-0.05, 0) is 12.0 Å². The lowest BCUT2D eigenvalue weighted by Gasteiger charge is -2.16. The van der Waals surface area contributed by atoms with Gasteiger partial charge in [0.05, 0.1) is 12.9 Å². The maximum absolute atomic E-state index is 10.2. The van der Waals surface area contributed by atoms with Gasteiger partial charge in [0.1, 0.15) is 24.6 Å². The molecule has 0 spiro atoms. The van der Waals surface area contributed by atoms with E-state index in [1.165, 1.54) is 18.2 Å². The molecule has 142 valence electrons. The van der Waals surface area contributed by atoms with Gasteiger partial charge in [-0.15, -0.1) is 0 Å². The fourth-order valence-corrected chi connectivity index (χ4v) is 3.25. The molecule has 27 heavy (non-hydrogen) atoms. The number of rotatable bonds is 6. The fourth-order valence-electron chi connectivity index (χ4n) is 3.25. The molecule has 1 aromatic carbocycles. The van der Waals surface area contributed by atoms with Crippen LogP contribution in [0.4, 0.5) is 5.82 Å². The van der Waals surface area contributed by atoms with Crippen molar-refractivity contribution in [1.82, 2.24) is 19.5 Å². The molecule has 9 heteroatoms. The number of anilines is 1. The summed E-state index contributed by atoms with van der Waals surface area (Å²) in [5.41, 5.74) is 2.23. The van der Waals surface area contributed by atoms with E-state index in [2.05, 4.69) is 32.4 Å². The predicted molar refractivity (Wildman–Crippen MR) is 97.0 cm³/mol. The van der Waals surface area contributed by atoms with E-state index in [0.717, 1.165) is 6.42 Å². The highest BCUT2D eigenvalue weighted by atomic mass is 16.6. The summed E-state index contributed by atoms with van der Waals surface area (Å²) in [6.07, 6.45) is -0.370. The third-order valence-corrected chi connectivity index (χ3v) is 4.70. The molecule has 2 aromatic heterocycles. The number of hydrogen-bond donors (Lipinski definition) is 4. The summed E-state index contributed by atoms with van der Waals surface area (Å²) in [4.78, 5) is 12.8. The average Bonchev–Trinajstić information content (AvgIpc) is 3.25. The van der Waals surface area contributed by atoms with Crippen LogP contribution in [0.15, 0.2) is 43.0 Å². The third-order valence-electron chi connectivity index (χ3n) is 4.70. The van der Waals surface area contributed by atoms with Crippen LogP contribution in [-0.2, 0) is 11.2 Å². The SMILES string of the molecule is OC[C@H]1O[C@@H](n2cnc3c(NCCc4ccccc4)ncnc32)[C@H](O)[C@@H]1O. The number of fused-ring (bicyclic) bond motifs is 1. The minimum absolute atomic E-state index is 0.386. The summed E-state index contributed by atoms with van der Waals surface area (Å²) in [7, 11) is 0. The largest absolute Gasteiger partial charge is 0.394 e. The van der Waals surface area contributed by atoms with Gasteiger partial charge < -0.3 is 25.4 Å². The van der Waals surface area contributed by atoms with Gasteiger partial charge >= 0.3 is 0 Å². The van der Waals surface area contributed by atoms with E-state index in [-0.39, 0.29) is 6.61 Å². The van der Waals surface area contributed by atoms with Crippen molar-refractivity contribution < 1.29 is 20.1 Å². The zero-order chi connectivity index (χ0) is 18.8. The number of ether oxygens (including phenoxy) is 1. The normalized spacial score (nSPS) is 25.1. The van der Waals surface area contributed by atoms with Gasteiger partial charge in [0.15, 0.2) is 23.2 Å². The first-order valence-electron chi connectivity index (χ1n) is 8.77. The Bertz CT molecular complexity index is 903.